The summed E-state index contributed by atoms with van der Waals surface area (Å²) in [6.07, 6.45) is 5.91. The summed E-state index contributed by atoms with van der Waals surface area (Å²) in [6, 6.07) is 8.55. The van der Waals surface area contributed by atoms with Crippen molar-refractivity contribution in [2.24, 2.45) is 10.8 Å². The molecular formula is C20H28N2. The highest BCUT2D eigenvalue weighted by molar-refractivity contribution is 5.61. The smallest absolute Gasteiger partial charge is 0.0409 e. The molecule has 0 aliphatic rings. The van der Waals surface area contributed by atoms with Gasteiger partial charge in [-0.15, -0.1) is 0 Å². The van der Waals surface area contributed by atoms with Gasteiger partial charge in [0.05, 0.1) is 0 Å². The van der Waals surface area contributed by atoms with Gasteiger partial charge in [-0.05, 0) is 35.8 Å². The quantitative estimate of drug-likeness (QED) is 0.766. The lowest BCUT2D eigenvalue weighted by Gasteiger charge is -2.18. The van der Waals surface area contributed by atoms with Gasteiger partial charge >= 0.3 is 0 Å². The first-order chi connectivity index (χ1) is 10.1. The number of pyridine rings is 2. The molecule has 0 saturated carbocycles. The van der Waals surface area contributed by atoms with Crippen LogP contribution in [-0.4, -0.2) is 9.97 Å². The van der Waals surface area contributed by atoms with Gasteiger partial charge in [0.2, 0.25) is 0 Å². The highest BCUT2D eigenvalue weighted by Crippen LogP contribution is 2.24. The first-order valence-corrected chi connectivity index (χ1v) is 8.03. The third-order valence-electron chi connectivity index (χ3n) is 3.41. The molecule has 0 amide bonds. The number of hydrogen-bond acceptors (Lipinski definition) is 2. The summed E-state index contributed by atoms with van der Waals surface area (Å²) in [5.41, 5.74) is 5.09. The van der Waals surface area contributed by atoms with Crippen molar-refractivity contribution in [3.8, 4) is 11.1 Å². The van der Waals surface area contributed by atoms with Crippen LogP contribution in [0.1, 0.15) is 52.9 Å². The Kier molecular flexibility index (Phi) is 4.69. The van der Waals surface area contributed by atoms with E-state index in [1.54, 1.807) is 0 Å². The minimum Gasteiger partial charge on any atom is -0.261 e. The highest BCUT2D eigenvalue weighted by Gasteiger charge is 2.13. The van der Waals surface area contributed by atoms with Crippen LogP contribution in [0.2, 0.25) is 0 Å². The second kappa shape index (κ2) is 6.20. The average Bonchev–Trinajstić information content (AvgIpc) is 2.37. The van der Waals surface area contributed by atoms with Crippen LogP contribution in [0.25, 0.3) is 11.1 Å². The van der Waals surface area contributed by atoms with Gasteiger partial charge in [0.15, 0.2) is 0 Å². The van der Waals surface area contributed by atoms with Gasteiger partial charge in [-0.3, -0.25) is 9.97 Å². The van der Waals surface area contributed by atoms with Crippen LogP contribution in [0, 0.1) is 10.8 Å². The van der Waals surface area contributed by atoms with E-state index in [9.17, 15) is 0 Å². The average molecular weight is 296 g/mol. The maximum atomic E-state index is 4.59. The maximum absolute atomic E-state index is 4.59. The summed E-state index contributed by atoms with van der Waals surface area (Å²) >= 11 is 0. The highest BCUT2D eigenvalue weighted by atomic mass is 14.7. The van der Waals surface area contributed by atoms with Crippen molar-refractivity contribution in [3.63, 3.8) is 0 Å². The Bertz CT molecular complexity index is 539. The molecule has 0 saturated heterocycles. The van der Waals surface area contributed by atoms with Crippen molar-refractivity contribution >= 4 is 0 Å². The van der Waals surface area contributed by atoms with Crippen molar-refractivity contribution in [1.82, 2.24) is 9.97 Å². The van der Waals surface area contributed by atoms with Crippen molar-refractivity contribution < 1.29 is 0 Å². The Hall–Kier alpha value is -1.70. The van der Waals surface area contributed by atoms with E-state index in [2.05, 4.69) is 75.8 Å². The van der Waals surface area contributed by atoms with E-state index in [4.69, 9.17) is 0 Å². The number of rotatable bonds is 3. The van der Waals surface area contributed by atoms with E-state index < -0.39 is 0 Å². The summed E-state index contributed by atoms with van der Waals surface area (Å²) in [5.74, 6) is 0. The molecule has 0 aliphatic heterocycles. The van der Waals surface area contributed by atoms with Crippen molar-refractivity contribution in [2.45, 2.75) is 54.4 Å². The summed E-state index contributed by atoms with van der Waals surface area (Å²) in [5, 5.41) is 0. The molecule has 0 N–H and O–H groups in total. The lowest BCUT2D eigenvalue weighted by molar-refractivity contribution is 0.406. The Balaban J connectivity index is 2.12. The molecule has 22 heavy (non-hydrogen) atoms. The van der Waals surface area contributed by atoms with Crippen LogP contribution in [-0.2, 0) is 12.8 Å². The van der Waals surface area contributed by atoms with E-state index in [0.29, 0.717) is 0 Å². The Morgan fingerprint density at radius 1 is 0.636 bits per heavy atom. The first-order valence-electron chi connectivity index (χ1n) is 8.03. The minimum absolute atomic E-state index is 0.269. The molecule has 2 aromatic heterocycles. The van der Waals surface area contributed by atoms with Crippen molar-refractivity contribution in [3.05, 3.63) is 48.0 Å². The third-order valence-corrected chi connectivity index (χ3v) is 3.41. The molecule has 0 bridgehead atoms. The third kappa shape index (κ3) is 5.25. The van der Waals surface area contributed by atoms with Crippen LogP contribution < -0.4 is 0 Å². The normalized spacial score (nSPS) is 12.5. The molecule has 0 unspecified atom stereocenters. The van der Waals surface area contributed by atoms with Crippen molar-refractivity contribution in [2.75, 3.05) is 0 Å². The van der Waals surface area contributed by atoms with Gasteiger partial charge in [0, 0.05) is 34.9 Å². The molecule has 0 spiro atoms. The topological polar surface area (TPSA) is 25.8 Å². The molecule has 2 aromatic rings. The van der Waals surface area contributed by atoms with Gasteiger partial charge < -0.3 is 0 Å². The molecule has 0 radical (unpaired) electrons. The summed E-state index contributed by atoms with van der Waals surface area (Å²) in [7, 11) is 0. The van der Waals surface area contributed by atoms with Crippen LogP contribution >= 0.6 is 0 Å². The zero-order valence-corrected chi connectivity index (χ0v) is 14.8. The van der Waals surface area contributed by atoms with Crippen LogP contribution in [0.5, 0.6) is 0 Å². The lowest BCUT2D eigenvalue weighted by atomic mass is 9.90. The predicted octanol–water partition coefficient (Wildman–Crippen LogP) is 5.32. The molecule has 0 atom stereocenters. The van der Waals surface area contributed by atoms with Gasteiger partial charge in [0.1, 0.15) is 0 Å². The summed E-state index contributed by atoms with van der Waals surface area (Å²) in [6.45, 7) is 13.4. The summed E-state index contributed by atoms with van der Waals surface area (Å²) < 4.78 is 0. The monoisotopic (exact) mass is 296 g/mol. The van der Waals surface area contributed by atoms with E-state index in [1.807, 2.05) is 12.4 Å². The molecule has 2 nitrogen and oxygen atoms in total. The Morgan fingerprint density at radius 3 is 1.23 bits per heavy atom. The summed E-state index contributed by atoms with van der Waals surface area (Å²) in [4.78, 5) is 9.19. The largest absolute Gasteiger partial charge is 0.261 e. The fourth-order valence-electron chi connectivity index (χ4n) is 2.49. The van der Waals surface area contributed by atoms with Gasteiger partial charge in [-0.25, -0.2) is 0 Å². The fourth-order valence-corrected chi connectivity index (χ4v) is 2.49. The molecule has 0 fully saturated rings. The molecule has 2 rings (SSSR count). The Morgan fingerprint density at radius 2 is 1.00 bits per heavy atom. The molecule has 118 valence electrons. The van der Waals surface area contributed by atoms with Gasteiger partial charge in [-0.1, -0.05) is 53.7 Å². The number of hydrogen-bond donors (Lipinski definition) is 0. The molecule has 2 heteroatoms. The van der Waals surface area contributed by atoms with Crippen LogP contribution in [0.4, 0.5) is 0 Å². The first kappa shape index (κ1) is 16.7. The minimum atomic E-state index is 0.269. The van der Waals surface area contributed by atoms with E-state index in [0.717, 1.165) is 35.4 Å². The van der Waals surface area contributed by atoms with E-state index >= 15 is 0 Å². The molecule has 0 aromatic carbocycles. The second-order valence-corrected chi connectivity index (χ2v) is 8.55. The fraction of sp³-hybridized carbons (Fsp3) is 0.500. The molecular weight excluding hydrogens is 268 g/mol. The zero-order valence-electron chi connectivity index (χ0n) is 14.8. The predicted molar refractivity (Wildman–Crippen MR) is 93.8 cm³/mol. The standard InChI is InChI=1S/C20H28N2/c1-19(2,3)11-17-9-7-15(13-21-17)16-8-10-18(22-14-16)12-20(4,5)6/h7-10,13-14H,11-12H2,1-6H3. The number of nitrogens with zero attached hydrogens (tertiary/aromatic N) is 2. The van der Waals surface area contributed by atoms with E-state index in [-0.39, 0.29) is 10.8 Å². The van der Waals surface area contributed by atoms with Crippen LogP contribution in [0.15, 0.2) is 36.7 Å². The SMILES string of the molecule is CC(C)(C)Cc1ccc(-c2ccc(CC(C)(C)C)nc2)cn1. The molecule has 2 heterocycles. The van der Waals surface area contributed by atoms with Crippen molar-refractivity contribution in [1.29, 1.82) is 0 Å². The van der Waals surface area contributed by atoms with Gasteiger partial charge in [-0.2, -0.15) is 0 Å². The number of aromatic nitrogens is 2. The van der Waals surface area contributed by atoms with Crippen LogP contribution in [0.3, 0.4) is 0 Å². The molecule has 0 aliphatic carbocycles. The van der Waals surface area contributed by atoms with E-state index in [1.165, 1.54) is 0 Å². The second-order valence-electron chi connectivity index (χ2n) is 8.55. The van der Waals surface area contributed by atoms with Gasteiger partial charge in [0.25, 0.3) is 0 Å². The Labute approximate surface area is 135 Å². The zero-order chi connectivity index (χ0) is 16.4. The lowest BCUT2D eigenvalue weighted by Crippen LogP contribution is -2.10. The maximum Gasteiger partial charge on any atom is 0.0409 e.